The van der Waals surface area contributed by atoms with Gasteiger partial charge in [-0.3, -0.25) is 4.79 Å². The molecule has 1 aromatic rings. The van der Waals surface area contributed by atoms with E-state index in [1.807, 2.05) is 45.0 Å². The number of carbonyl (C=O) groups is 1. The van der Waals surface area contributed by atoms with Gasteiger partial charge in [0, 0.05) is 11.2 Å². The lowest BCUT2D eigenvalue weighted by Gasteiger charge is -2.17. The van der Waals surface area contributed by atoms with Gasteiger partial charge in [0.05, 0.1) is 6.61 Å². The van der Waals surface area contributed by atoms with Crippen molar-refractivity contribution in [3.8, 4) is 0 Å². The first kappa shape index (κ1) is 13.7. The molecule has 0 aliphatic carbocycles. The van der Waals surface area contributed by atoms with Crippen molar-refractivity contribution >= 4 is 11.6 Å². The summed E-state index contributed by atoms with van der Waals surface area (Å²) in [7, 11) is 0. The number of amides is 1. The van der Waals surface area contributed by atoms with E-state index in [2.05, 4.69) is 5.32 Å². The monoisotopic (exact) mass is 236 g/mol. The Morgan fingerprint density at radius 1 is 1.47 bits per heavy atom. The lowest BCUT2D eigenvalue weighted by molar-refractivity contribution is -0.121. The van der Waals surface area contributed by atoms with Crippen LogP contribution in [0.3, 0.4) is 0 Å². The molecule has 94 valence electrons. The van der Waals surface area contributed by atoms with Gasteiger partial charge >= 0.3 is 0 Å². The summed E-state index contributed by atoms with van der Waals surface area (Å²) in [6.07, 6.45) is 0. The second-order valence-corrected chi connectivity index (χ2v) is 4.90. The highest BCUT2D eigenvalue weighted by Crippen LogP contribution is 2.09. The highest BCUT2D eigenvalue weighted by atomic mass is 16.5. The highest BCUT2D eigenvalue weighted by Gasteiger charge is 2.11. The summed E-state index contributed by atoms with van der Waals surface area (Å²) in [6.45, 7) is 6.06. The minimum absolute atomic E-state index is 0.0224. The lowest BCUT2D eigenvalue weighted by Crippen LogP contribution is -2.38. The van der Waals surface area contributed by atoms with Gasteiger partial charge in [0.15, 0.2) is 0 Å². The summed E-state index contributed by atoms with van der Waals surface area (Å²) in [6, 6.07) is 7.63. The summed E-state index contributed by atoms with van der Waals surface area (Å²) in [5.41, 5.74) is 7.21. The minimum atomic E-state index is -0.413. The van der Waals surface area contributed by atoms with Gasteiger partial charge in [0.25, 0.3) is 0 Å². The molecule has 0 aromatic heterocycles. The van der Waals surface area contributed by atoms with E-state index in [9.17, 15) is 4.79 Å². The van der Waals surface area contributed by atoms with Gasteiger partial charge in [-0.2, -0.15) is 0 Å². The van der Waals surface area contributed by atoms with E-state index in [1.165, 1.54) is 0 Å². The third kappa shape index (κ3) is 6.04. The zero-order chi connectivity index (χ0) is 12.9. The van der Waals surface area contributed by atoms with Crippen LogP contribution >= 0.6 is 0 Å². The molecule has 3 N–H and O–H groups in total. The summed E-state index contributed by atoms with van der Waals surface area (Å²) < 4.78 is 5.23. The van der Waals surface area contributed by atoms with Crippen molar-refractivity contribution in [1.82, 2.24) is 0 Å². The van der Waals surface area contributed by atoms with Gasteiger partial charge in [-0.05, 0) is 38.5 Å². The van der Waals surface area contributed by atoms with E-state index in [0.717, 1.165) is 11.3 Å². The van der Waals surface area contributed by atoms with Gasteiger partial charge in [-0.25, -0.2) is 0 Å². The molecule has 0 bridgehead atoms. The predicted molar refractivity (Wildman–Crippen MR) is 68.9 cm³/mol. The van der Waals surface area contributed by atoms with Gasteiger partial charge in [-0.1, -0.05) is 12.1 Å². The first-order chi connectivity index (χ1) is 7.87. The van der Waals surface area contributed by atoms with Crippen molar-refractivity contribution in [2.45, 2.75) is 26.3 Å². The number of carbonyl (C=O) groups excluding carboxylic acids is 1. The first-order valence-corrected chi connectivity index (χ1v) is 5.60. The molecule has 0 radical (unpaired) electrons. The number of hydrogen-bond donors (Lipinski definition) is 2. The molecule has 0 heterocycles. The molecule has 0 spiro atoms. The number of ether oxygens (including phenoxy) is 1. The molecule has 0 unspecified atom stereocenters. The van der Waals surface area contributed by atoms with Crippen molar-refractivity contribution in [3.63, 3.8) is 0 Å². The summed E-state index contributed by atoms with van der Waals surface area (Å²) >= 11 is 0. The molecule has 0 saturated carbocycles. The third-order valence-electron chi connectivity index (χ3n) is 2.01. The van der Waals surface area contributed by atoms with E-state index >= 15 is 0 Å². The molecule has 17 heavy (non-hydrogen) atoms. The molecule has 4 heteroatoms. The Balaban J connectivity index is 2.35. The SMILES string of the molecule is Cc1cccc(NC(=O)COCC(C)(C)N)c1. The molecular weight excluding hydrogens is 216 g/mol. The van der Waals surface area contributed by atoms with Crippen LogP contribution in [0.2, 0.25) is 0 Å². The quantitative estimate of drug-likeness (QED) is 0.817. The number of anilines is 1. The Morgan fingerprint density at radius 3 is 2.76 bits per heavy atom. The van der Waals surface area contributed by atoms with Crippen molar-refractivity contribution in [1.29, 1.82) is 0 Å². The van der Waals surface area contributed by atoms with Gasteiger partial charge in [-0.15, -0.1) is 0 Å². The zero-order valence-electron chi connectivity index (χ0n) is 10.6. The van der Waals surface area contributed by atoms with Crippen molar-refractivity contribution in [3.05, 3.63) is 29.8 Å². The lowest BCUT2D eigenvalue weighted by atomic mass is 10.1. The van der Waals surface area contributed by atoms with Crippen LogP contribution in [0.1, 0.15) is 19.4 Å². The van der Waals surface area contributed by atoms with Crippen molar-refractivity contribution in [2.24, 2.45) is 5.73 Å². The van der Waals surface area contributed by atoms with Crippen LogP contribution < -0.4 is 11.1 Å². The molecule has 4 nitrogen and oxygen atoms in total. The maximum atomic E-state index is 11.5. The van der Waals surface area contributed by atoms with E-state index < -0.39 is 5.54 Å². The van der Waals surface area contributed by atoms with Gasteiger partial charge < -0.3 is 15.8 Å². The number of nitrogens with two attached hydrogens (primary N) is 1. The Hall–Kier alpha value is -1.39. The third-order valence-corrected chi connectivity index (χ3v) is 2.01. The van der Waals surface area contributed by atoms with E-state index in [4.69, 9.17) is 10.5 Å². The molecular formula is C13H20N2O2. The van der Waals surface area contributed by atoms with Gasteiger partial charge in [0.1, 0.15) is 6.61 Å². The van der Waals surface area contributed by atoms with Crippen molar-refractivity contribution < 1.29 is 9.53 Å². The molecule has 1 aromatic carbocycles. The van der Waals surface area contributed by atoms with E-state index in [1.54, 1.807) is 0 Å². The van der Waals surface area contributed by atoms with E-state index in [-0.39, 0.29) is 12.5 Å². The molecule has 1 rings (SSSR count). The van der Waals surface area contributed by atoms with Crippen LogP contribution in [0, 0.1) is 6.92 Å². The Morgan fingerprint density at radius 2 is 2.18 bits per heavy atom. The largest absolute Gasteiger partial charge is 0.370 e. The van der Waals surface area contributed by atoms with Crippen LogP contribution in [0.15, 0.2) is 24.3 Å². The summed E-state index contributed by atoms with van der Waals surface area (Å²) in [5.74, 6) is -0.167. The fraction of sp³-hybridized carbons (Fsp3) is 0.462. The van der Waals surface area contributed by atoms with Crippen LogP contribution in [0.25, 0.3) is 0 Å². The average molecular weight is 236 g/mol. The predicted octanol–water partition coefficient (Wildman–Crippen LogP) is 1.69. The van der Waals surface area contributed by atoms with E-state index in [0.29, 0.717) is 6.61 Å². The molecule has 0 aliphatic heterocycles. The normalized spacial score (nSPS) is 11.3. The zero-order valence-corrected chi connectivity index (χ0v) is 10.6. The topological polar surface area (TPSA) is 64.3 Å². The summed E-state index contributed by atoms with van der Waals surface area (Å²) in [5, 5.41) is 2.76. The van der Waals surface area contributed by atoms with Crippen molar-refractivity contribution in [2.75, 3.05) is 18.5 Å². The van der Waals surface area contributed by atoms with Crippen LogP contribution in [-0.4, -0.2) is 24.7 Å². The maximum absolute atomic E-state index is 11.5. The number of rotatable bonds is 5. The van der Waals surface area contributed by atoms with Crippen LogP contribution in [-0.2, 0) is 9.53 Å². The fourth-order valence-corrected chi connectivity index (χ4v) is 1.33. The van der Waals surface area contributed by atoms with Crippen LogP contribution in [0.4, 0.5) is 5.69 Å². The fourth-order valence-electron chi connectivity index (χ4n) is 1.33. The molecule has 0 atom stereocenters. The smallest absolute Gasteiger partial charge is 0.250 e. The number of hydrogen-bond acceptors (Lipinski definition) is 3. The number of aryl methyl sites for hydroxylation is 1. The molecule has 1 amide bonds. The Labute approximate surface area is 102 Å². The highest BCUT2D eigenvalue weighted by molar-refractivity contribution is 5.91. The number of nitrogens with one attached hydrogen (secondary N) is 1. The number of benzene rings is 1. The second kappa shape index (κ2) is 5.80. The standard InChI is InChI=1S/C13H20N2O2/c1-10-5-4-6-11(7-10)15-12(16)8-17-9-13(2,3)14/h4-7H,8-9,14H2,1-3H3,(H,15,16). The maximum Gasteiger partial charge on any atom is 0.250 e. The summed E-state index contributed by atoms with van der Waals surface area (Å²) in [4.78, 5) is 11.5. The van der Waals surface area contributed by atoms with Crippen LogP contribution in [0.5, 0.6) is 0 Å². The first-order valence-electron chi connectivity index (χ1n) is 5.60. The molecule has 0 saturated heterocycles. The Bertz CT molecular complexity index is 383. The molecule has 0 fully saturated rings. The molecule has 0 aliphatic rings. The second-order valence-electron chi connectivity index (χ2n) is 4.90. The minimum Gasteiger partial charge on any atom is -0.370 e. The Kier molecular flexibility index (Phi) is 4.66. The van der Waals surface area contributed by atoms with Gasteiger partial charge in [0.2, 0.25) is 5.91 Å². The average Bonchev–Trinajstić information content (AvgIpc) is 2.15.